The molecule has 4 fully saturated rings. The van der Waals surface area contributed by atoms with Gasteiger partial charge in [0.05, 0.1) is 30.5 Å². The Hall–Kier alpha value is -1.05. The highest BCUT2D eigenvalue weighted by molar-refractivity contribution is 5.95. The first kappa shape index (κ1) is 29.4. The van der Waals surface area contributed by atoms with Crippen LogP contribution in [-0.4, -0.2) is 61.8 Å². The normalized spacial score (nSPS) is 43.8. The molecule has 0 amide bonds. The molecule has 0 aromatic rings. The molecule has 0 bridgehead atoms. The van der Waals surface area contributed by atoms with E-state index >= 15 is 0 Å². The van der Waals surface area contributed by atoms with E-state index in [1.54, 1.807) is 6.08 Å². The molecule has 4 saturated carbocycles. The van der Waals surface area contributed by atoms with E-state index in [0.717, 1.165) is 24.8 Å². The fourth-order valence-corrected chi connectivity index (χ4v) is 10.1. The highest BCUT2D eigenvalue weighted by Gasteiger charge is 2.68. The van der Waals surface area contributed by atoms with E-state index in [0.29, 0.717) is 38.0 Å². The molecule has 5 aliphatic carbocycles. The van der Waals surface area contributed by atoms with Crippen LogP contribution in [0.15, 0.2) is 22.8 Å². The van der Waals surface area contributed by atoms with Gasteiger partial charge in [0.2, 0.25) is 0 Å². The molecule has 10 unspecified atom stereocenters. The molecule has 0 aromatic heterocycles. The van der Waals surface area contributed by atoms with E-state index in [9.17, 15) is 30.3 Å². The molecule has 10 atom stereocenters. The molecule has 0 spiro atoms. The summed E-state index contributed by atoms with van der Waals surface area (Å²) in [6, 6.07) is 0. The summed E-state index contributed by atoms with van der Waals surface area (Å²) in [4.78, 5) is 13.4. The van der Waals surface area contributed by atoms with Crippen molar-refractivity contribution in [3.63, 3.8) is 0 Å². The summed E-state index contributed by atoms with van der Waals surface area (Å²) in [5.74, 6) is -0.290. The first-order chi connectivity index (χ1) is 18.4. The average molecular weight is 545 g/mol. The third-order valence-corrected chi connectivity index (χ3v) is 12.4. The van der Waals surface area contributed by atoms with Crippen LogP contribution in [0.4, 0.5) is 0 Å². The minimum atomic E-state index is -1.31. The lowest BCUT2D eigenvalue weighted by molar-refractivity contribution is -0.163. The Morgan fingerprint density at radius 3 is 2.36 bits per heavy atom. The van der Waals surface area contributed by atoms with Gasteiger partial charge < -0.3 is 25.5 Å². The summed E-state index contributed by atoms with van der Waals surface area (Å²) >= 11 is 0. The summed E-state index contributed by atoms with van der Waals surface area (Å²) in [5.41, 5.74) is 1.00. The van der Waals surface area contributed by atoms with Crippen molar-refractivity contribution >= 4 is 5.78 Å². The first-order valence-corrected chi connectivity index (χ1v) is 15.7. The van der Waals surface area contributed by atoms with Gasteiger partial charge in [0.25, 0.3) is 0 Å². The molecule has 5 rings (SSSR count). The van der Waals surface area contributed by atoms with Crippen LogP contribution in [-0.2, 0) is 4.79 Å². The van der Waals surface area contributed by atoms with Crippen LogP contribution in [0.1, 0.15) is 105 Å². The molecular formula is C33H52O6. The van der Waals surface area contributed by atoms with Crippen molar-refractivity contribution in [3.05, 3.63) is 22.8 Å². The van der Waals surface area contributed by atoms with E-state index in [1.807, 2.05) is 6.92 Å². The second-order valence-corrected chi connectivity index (χ2v) is 14.5. The number of carbonyl (C=O) groups is 1. The second kappa shape index (κ2) is 10.7. The third-order valence-electron chi connectivity index (χ3n) is 12.4. The molecule has 39 heavy (non-hydrogen) atoms. The highest BCUT2D eigenvalue weighted by Crippen LogP contribution is 2.68. The first-order valence-electron chi connectivity index (χ1n) is 15.7. The zero-order chi connectivity index (χ0) is 28.3. The van der Waals surface area contributed by atoms with E-state index in [4.69, 9.17) is 0 Å². The average Bonchev–Trinajstić information content (AvgIpc) is 3.22. The molecule has 6 heteroatoms. The topological polar surface area (TPSA) is 118 Å². The highest BCUT2D eigenvalue weighted by atomic mass is 16.3. The molecule has 6 nitrogen and oxygen atoms in total. The van der Waals surface area contributed by atoms with Crippen LogP contribution in [0.25, 0.3) is 0 Å². The molecule has 5 aliphatic rings. The number of carbonyl (C=O) groups excluding carboxylic acids is 1. The Morgan fingerprint density at radius 1 is 1.03 bits per heavy atom. The monoisotopic (exact) mass is 544 g/mol. The van der Waals surface area contributed by atoms with Gasteiger partial charge in [-0.2, -0.15) is 0 Å². The number of allylic oxidation sites excluding steroid dienone is 2. The summed E-state index contributed by atoms with van der Waals surface area (Å²) in [5, 5.41) is 56.0. The van der Waals surface area contributed by atoms with Crippen molar-refractivity contribution in [1.82, 2.24) is 0 Å². The van der Waals surface area contributed by atoms with Crippen molar-refractivity contribution in [2.24, 2.45) is 40.4 Å². The Labute approximate surface area is 234 Å². The maximum absolute atomic E-state index is 13.4. The van der Waals surface area contributed by atoms with Crippen molar-refractivity contribution in [2.75, 3.05) is 6.61 Å². The van der Waals surface area contributed by atoms with Gasteiger partial charge in [-0.25, -0.2) is 0 Å². The third kappa shape index (κ3) is 4.52. The number of aliphatic hydroxyl groups excluding tert-OH is 4. The quantitative estimate of drug-likeness (QED) is 0.315. The fourth-order valence-electron chi connectivity index (χ4n) is 10.1. The molecule has 0 aromatic carbocycles. The van der Waals surface area contributed by atoms with Gasteiger partial charge in [0.15, 0.2) is 5.78 Å². The van der Waals surface area contributed by atoms with Gasteiger partial charge in [-0.1, -0.05) is 45.3 Å². The zero-order valence-corrected chi connectivity index (χ0v) is 24.5. The van der Waals surface area contributed by atoms with E-state index in [2.05, 4.69) is 20.8 Å². The molecule has 220 valence electrons. The van der Waals surface area contributed by atoms with E-state index in [-0.39, 0.29) is 42.5 Å². The van der Waals surface area contributed by atoms with Crippen molar-refractivity contribution < 1.29 is 30.3 Å². The number of fused-ring (bicyclic) bond motifs is 5. The van der Waals surface area contributed by atoms with E-state index < -0.39 is 34.7 Å². The smallest absolute Gasteiger partial charge is 0.159 e. The van der Waals surface area contributed by atoms with Crippen molar-refractivity contribution in [2.45, 2.75) is 129 Å². The molecule has 0 heterocycles. The van der Waals surface area contributed by atoms with Crippen LogP contribution in [0.5, 0.6) is 0 Å². The van der Waals surface area contributed by atoms with Crippen LogP contribution in [0.3, 0.4) is 0 Å². The van der Waals surface area contributed by atoms with Gasteiger partial charge in [-0.15, -0.1) is 0 Å². The SMILES string of the molecule is CC(C)C(CC(O)C(C)C1CCC2(O)C3=CC(=O)C4CC(O)C(O)CC4(C)C3CCC12CO)=C1CCCCC1. The van der Waals surface area contributed by atoms with Crippen LogP contribution in [0.2, 0.25) is 0 Å². The summed E-state index contributed by atoms with van der Waals surface area (Å²) < 4.78 is 0. The maximum atomic E-state index is 13.4. The Morgan fingerprint density at radius 2 is 1.72 bits per heavy atom. The minimum absolute atomic E-state index is 0.0616. The predicted octanol–water partition coefficient (Wildman–Crippen LogP) is 4.47. The number of hydrogen-bond donors (Lipinski definition) is 5. The fraction of sp³-hybridized carbons (Fsp3) is 0.848. The Balaban J connectivity index is 1.44. The Bertz CT molecular complexity index is 1010. The second-order valence-electron chi connectivity index (χ2n) is 14.5. The van der Waals surface area contributed by atoms with Crippen molar-refractivity contribution in [3.8, 4) is 0 Å². The lowest BCUT2D eigenvalue weighted by Crippen LogP contribution is -2.62. The molecule has 0 radical (unpaired) electrons. The Kier molecular flexibility index (Phi) is 8.04. The summed E-state index contributed by atoms with van der Waals surface area (Å²) in [6.45, 7) is 8.40. The van der Waals surface area contributed by atoms with Crippen molar-refractivity contribution in [1.29, 1.82) is 0 Å². The molecular weight excluding hydrogens is 492 g/mol. The van der Waals surface area contributed by atoms with Crippen LogP contribution >= 0.6 is 0 Å². The number of hydrogen-bond acceptors (Lipinski definition) is 6. The van der Waals surface area contributed by atoms with Gasteiger partial charge in [0, 0.05) is 11.3 Å². The number of aliphatic hydroxyl groups is 5. The minimum Gasteiger partial charge on any atom is -0.396 e. The van der Waals surface area contributed by atoms with E-state index in [1.165, 1.54) is 30.4 Å². The van der Waals surface area contributed by atoms with Crippen LogP contribution in [0, 0.1) is 40.4 Å². The van der Waals surface area contributed by atoms with Gasteiger partial charge in [0.1, 0.15) is 0 Å². The number of ketones is 1. The predicted molar refractivity (Wildman–Crippen MR) is 151 cm³/mol. The van der Waals surface area contributed by atoms with Crippen LogP contribution < -0.4 is 0 Å². The van der Waals surface area contributed by atoms with Gasteiger partial charge in [-0.3, -0.25) is 4.79 Å². The zero-order valence-electron chi connectivity index (χ0n) is 24.5. The summed E-state index contributed by atoms with van der Waals surface area (Å²) in [7, 11) is 0. The largest absolute Gasteiger partial charge is 0.396 e. The lowest BCUT2D eigenvalue weighted by Gasteiger charge is -2.60. The van der Waals surface area contributed by atoms with Gasteiger partial charge in [-0.05, 0) is 111 Å². The molecule has 5 N–H and O–H groups in total. The molecule has 0 aliphatic heterocycles. The maximum Gasteiger partial charge on any atom is 0.159 e. The van der Waals surface area contributed by atoms with Gasteiger partial charge >= 0.3 is 0 Å². The molecule has 0 saturated heterocycles. The lowest BCUT2D eigenvalue weighted by atomic mass is 9.45. The summed E-state index contributed by atoms with van der Waals surface area (Å²) in [6.07, 6.45) is 9.05. The standard InChI is InChI=1S/C33H52O6/c1-19(2)22(21-8-6-5-7-9-21)14-27(35)20(3)23-11-13-33(39)25-15-28(36)26-16-29(37)30(38)17-31(26,4)24(25)10-12-32(23,33)18-34/h15,19-20,23-24,26-27,29-30,34-35,37-39H,5-14,16-18H2,1-4H3. The number of rotatable bonds is 6.